The highest BCUT2D eigenvalue weighted by atomic mass is 16.6. The lowest BCUT2D eigenvalue weighted by molar-refractivity contribution is -0.133. The zero-order valence-corrected chi connectivity index (χ0v) is 10.5. The van der Waals surface area contributed by atoms with Gasteiger partial charge in [0.25, 0.3) is 0 Å². The average molecular weight is 240 g/mol. The van der Waals surface area contributed by atoms with E-state index in [1.165, 1.54) is 6.26 Å². The Hall–Kier alpha value is -1.13. The van der Waals surface area contributed by atoms with Crippen molar-refractivity contribution in [1.29, 1.82) is 0 Å². The van der Waals surface area contributed by atoms with Gasteiger partial charge in [-0.15, -0.1) is 0 Å². The van der Waals surface area contributed by atoms with Crippen LogP contribution in [0.4, 0.5) is 0 Å². The number of ether oxygens (including phenoxy) is 3. The van der Waals surface area contributed by atoms with Crippen molar-refractivity contribution in [2.75, 3.05) is 19.8 Å². The van der Waals surface area contributed by atoms with Crippen LogP contribution in [0.15, 0.2) is 24.0 Å². The first-order valence-corrected chi connectivity index (χ1v) is 5.97. The maximum atomic E-state index is 11.5. The first-order chi connectivity index (χ1) is 8.24. The molecule has 1 atom stereocenters. The maximum Gasteiger partial charge on any atom is 0.338 e. The number of hydrogen-bond acceptors (Lipinski definition) is 4. The lowest BCUT2D eigenvalue weighted by Crippen LogP contribution is -2.27. The van der Waals surface area contributed by atoms with Gasteiger partial charge in [0.1, 0.15) is 0 Å². The highest BCUT2D eigenvalue weighted by molar-refractivity contribution is 5.88. The Morgan fingerprint density at radius 2 is 2.29 bits per heavy atom. The van der Waals surface area contributed by atoms with Gasteiger partial charge in [-0.3, -0.25) is 0 Å². The first kappa shape index (κ1) is 13.9. The molecule has 0 bridgehead atoms. The molecular weight excluding hydrogens is 220 g/mol. The van der Waals surface area contributed by atoms with Crippen LogP contribution < -0.4 is 0 Å². The van der Waals surface area contributed by atoms with Gasteiger partial charge in [0.2, 0.25) is 0 Å². The number of carbonyl (C=O) groups is 1. The van der Waals surface area contributed by atoms with Gasteiger partial charge in [-0.05, 0) is 25.5 Å². The van der Waals surface area contributed by atoms with E-state index >= 15 is 0 Å². The van der Waals surface area contributed by atoms with E-state index in [1.54, 1.807) is 13.0 Å². The van der Waals surface area contributed by atoms with Crippen LogP contribution in [0.25, 0.3) is 0 Å². The molecule has 4 nitrogen and oxygen atoms in total. The van der Waals surface area contributed by atoms with Crippen molar-refractivity contribution in [3.63, 3.8) is 0 Å². The third-order valence-corrected chi connectivity index (χ3v) is 2.33. The van der Waals surface area contributed by atoms with Crippen molar-refractivity contribution in [3.8, 4) is 0 Å². The zero-order valence-electron chi connectivity index (χ0n) is 10.5. The van der Waals surface area contributed by atoms with Gasteiger partial charge in [-0.2, -0.15) is 0 Å². The molecule has 0 aliphatic carbocycles. The Kier molecular flexibility index (Phi) is 6.58. The minimum absolute atomic E-state index is 0.143. The van der Waals surface area contributed by atoms with Crippen LogP contribution in [-0.2, 0) is 19.0 Å². The molecule has 0 aromatic heterocycles. The van der Waals surface area contributed by atoms with Gasteiger partial charge in [-0.25, -0.2) is 4.79 Å². The monoisotopic (exact) mass is 240 g/mol. The van der Waals surface area contributed by atoms with Crippen LogP contribution in [0.2, 0.25) is 0 Å². The Bertz CT molecular complexity index is 288. The van der Waals surface area contributed by atoms with Crippen LogP contribution in [0.5, 0.6) is 0 Å². The molecule has 1 saturated heterocycles. The molecular formula is C13H20O4. The van der Waals surface area contributed by atoms with Crippen molar-refractivity contribution < 1.29 is 19.0 Å². The van der Waals surface area contributed by atoms with E-state index in [-0.39, 0.29) is 12.1 Å². The summed E-state index contributed by atoms with van der Waals surface area (Å²) < 4.78 is 15.6. The van der Waals surface area contributed by atoms with E-state index in [0.717, 1.165) is 12.8 Å². The van der Waals surface area contributed by atoms with Gasteiger partial charge in [0.15, 0.2) is 0 Å². The molecule has 0 amide bonds. The van der Waals surface area contributed by atoms with Crippen molar-refractivity contribution in [3.05, 3.63) is 24.0 Å². The molecule has 1 aliphatic rings. The minimum Gasteiger partial charge on any atom is -0.431 e. The molecule has 17 heavy (non-hydrogen) atoms. The highest BCUT2D eigenvalue weighted by Gasteiger charge is 2.14. The van der Waals surface area contributed by atoms with E-state index in [2.05, 4.69) is 6.92 Å². The van der Waals surface area contributed by atoms with Crippen LogP contribution in [0, 0.1) is 0 Å². The molecule has 1 unspecified atom stereocenters. The molecule has 1 heterocycles. The molecule has 96 valence electrons. The predicted octanol–water partition coefficient (Wildman–Crippen LogP) is 2.21. The van der Waals surface area contributed by atoms with Crippen molar-refractivity contribution >= 4 is 5.97 Å². The standard InChI is InChI=1S/C13H20O4/c1-3-4-5-6-17-13(14)11(2)9-12-10-15-7-8-16-12/h5-6,9,12H,3-4,7-8,10H2,1-2H3. The summed E-state index contributed by atoms with van der Waals surface area (Å²) in [5, 5.41) is 0. The van der Waals surface area contributed by atoms with Crippen molar-refractivity contribution in [1.82, 2.24) is 0 Å². The van der Waals surface area contributed by atoms with E-state index in [4.69, 9.17) is 14.2 Å². The fraction of sp³-hybridized carbons (Fsp3) is 0.615. The smallest absolute Gasteiger partial charge is 0.338 e. The third kappa shape index (κ3) is 5.65. The molecule has 0 radical (unpaired) electrons. The topological polar surface area (TPSA) is 44.8 Å². The van der Waals surface area contributed by atoms with Gasteiger partial charge in [-0.1, -0.05) is 13.3 Å². The van der Waals surface area contributed by atoms with Gasteiger partial charge in [0, 0.05) is 5.57 Å². The fourth-order valence-electron chi connectivity index (χ4n) is 1.39. The largest absolute Gasteiger partial charge is 0.431 e. The maximum absolute atomic E-state index is 11.5. The van der Waals surface area contributed by atoms with E-state index in [0.29, 0.717) is 25.4 Å². The zero-order chi connectivity index (χ0) is 12.5. The number of esters is 1. The second-order valence-corrected chi connectivity index (χ2v) is 3.90. The summed E-state index contributed by atoms with van der Waals surface area (Å²) in [6, 6.07) is 0. The number of carbonyl (C=O) groups excluding carboxylic acids is 1. The number of rotatable bonds is 5. The molecule has 4 heteroatoms. The van der Waals surface area contributed by atoms with Crippen LogP contribution in [-0.4, -0.2) is 31.9 Å². The van der Waals surface area contributed by atoms with Crippen LogP contribution in [0.3, 0.4) is 0 Å². The second-order valence-electron chi connectivity index (χ2n) is 3.90. The molecule has 0 saturated carbocycles. The molecule has 1 fully saturated rings. The molecule has 0 aromatic carbocycles. The van der Waals surface area contributed by atoms with Gasteiger partial charge in [0.05, 0.1) is 32.2 Å². The predicted molar refractivity (Wildman–Crippen MR) is 64.5 cm³/mol. The summed E-state index contributed by atoms with van der Waals surface area (Å²) in [6.07, 6.45) is 6.84. The van der Waals surface area contributed by atoms with Gasteiger partial charge >= 0.3 is 5.97 Å². The van der Waals surface area contributed by atoms with E-state index in [1.807, 2.05) is 6.08 Å². The Labute approximate surface area is 102 Å². The normalized spacial score (nSPS) is 21.8. The third-order valence-electron chi connectivity index (χ3n) is 2.33. The molecule has 0 N–H and O–H groups in total. The summed E-state index contributed by atoms with van der Waals surface area (Å²) >= 11 is 0. The highest BCUT2D eigenvalue weighted by Crippen LogP contribution is 2.07. The Morgan fingerprint density at radius 1 is 1.47 bits per heavy atom. The van der Waals surface area contributed by atoms with Crippen LogP contribution >= 0.6 is 0 Å². The first-order valence-electron chi connectivity index (χ1n) is 5.97. The molecule has 1 aliphatic heterocycles. The minimum atomic E-state index is -0.341. The summed E-state index contributed by atoms with van der Waals surface area (Å²) in [5.41, 5.74) is 0.543. The Morgan fingerprint density at radius 3 is 2.94 bits per heavy atom. The fourth-order valence-corrected chi connectivity index (χ4v) is 1.39. The summed E-state index contributed by atoms with van der Waals surface area (Å²) in [6.45, 7) is 5.47. The van der Waals surface area contributed by atoms with Gasteiger partial charge < -0.3 is 14.2 Å². The quantitative estimate of drug-likeness (QED) is 0.420. The molecule has 0 spiro atoms. The number of allylic oxidation sites excluding steroid dienone is 1. The average Bonchev–Trinajstić information content (AvgIpc) is 2.35. The Balaban J connectivity index is 2.36. The lowest BCUT2D eigenvalue weighted by Gasteiger charge is -2.20. The summed E-state index contributed by atoms with van der Waals surface area (Å²) in [5.74, 6) is -0.341. The number of hydrogen-bond donors (Lipinski definition) is 0. The van der Waals surface area contributed by atoms with Crippen molar-refractivity contribution in [2.45, 2.75) is 32.8 Å². The lowest BCUT2D eigenvalue weighted by atomic mass is 10.2. The van der Waals surface area contributed by atoms with E-state index < -0.39 is 0 Å². The van der Waals surface area contributed by atoms with Crippen molar-refractivity contribution in [2.24, 2.45) is 0 Å². The summed E-state index contributed by atoms with van der Waals surface area (Å²) in [4.78, 5) is 11.5. The summed E-state index contributed by atoms with van der Waals surface area (Å²) in [7, 11) is 0. The van der Waals surface area contributed by atoms with Crippen LogP contribution in [0.1, 0.15) is 26.7 Å². The van der Waals surface area contributed by atoms with E-state index in [9.17, 15) is 4.79 Å². The number of unbranched alkanes of at least 4 members (excludes halogenated alkanes) is 1. The molecule has 0 aromatic rings. The second kappa shape index (κ2) is 8.03. The molecule has 1 rings (SSSR count). The SMILES string of the molecule is CCCC=COC(=O)C(C)=CC1COCCO1.